The largest absolute Gasteiger partial charge is 0.490 e. The normalized spacial score (nSPS) is 12.5. The fourth-order valence-corrected chi connectivity index (χ4v) is 2.47. The summed E-state index contributed by atoms with van der Waals surface area (Å²) in [6.45, 7) is 3.71. The number of imidazole rings is 1. The fourth-order valence-electron chi connectivity index (χ4n) is 2.47. The minimum atomic E-state index is -5.08. The molecule has 3 N–H and O–H groups in total. The number of esters is 1. The van der Waals surface area contributed by atoms with Gasteiger partial charge in [-0.3, -0.25) is 4.79 Å². The van der Waals surface area contributed by atoms with Crippen LogP contribution in [0, 0.1) is 0 Å². The van der Waals surface area contributed by atoms with Gasteiger partial charge in [0.05, 0.1) is 19.4 Å². The number of carboxylic acid groups (broad SMARTS) is 1. The van der Waals surface area contributed by atoms with E-state index in [2.05, 4.69) is 21.9 Å². The van der Waals surface area contributed by atoms with Gasteiger partial charge in [0.25, 0.3) is 0 Å². The van der Waals surface area contributed by atoms with Crippen LogP contribution in [0.25, 0.3) is 0 Å². The molecule has 1 unspecified atom stereocenters. The summed E-state index contributed by atoms with van der Waals surface area (Å²) in [4.78, 5) is 40.4. The third kappa shape index (κ3) is 8.72. The maximum Gasteiger partial charge on any atom is 0.490 e. The fraction of sp³-hybridized carbons (Fsp3) is 0.300. The first kappa shape index (κ1) is 25.4. The highest BCUT2D eigenvalue weighted by Gasteiger charge is 2.38. The number of H-pyrrole nitrogens is 1. The van der Waals surface area contributed by atoms with E-state index in [1.165, 1.54) is 13.4 Å². The molecule has 31 heavy (non-hydrogen) atoms. The summed E-state index contributed by atoms with van der Waals surface area (Å²) in [6.07, 6.45) is 0.512. The molecular weight excluding hydrogens is 419 g/mol. The Morgan fingerprint density at radius 2 is 1.90 bits per heavy atom. The van der Waals surface area contributed by atoms with Crippen molar-refractivity contribution < 1.29 is 37.4 Å². The SMILES string of the molecule is C=CCC(C(=O)N[C@H](Cc1cnc[nH]1)C(=O)OC)c1ccccc1.O=C(O)C(F)(F)F. The number of aliphatic carboxylic acids is 1. The van der Waals surface area contributed by atoms with Gasteiger partial charge >= 0.3 is 18.1 Å². The third-order valence-corrected chi connectivity index (χ3v) is 3.94. The van der Waals surface area contributed by atoms with Gasteiger partial charge in [-0.05, 0) is 12.0 Å². The number of carbonyl (C=O) groups excluding carboxylic acids is 2. The zero-order chi connectivity index (χ0) is 23.4. The maximum absolute atomic E-state index is 12.7. The van der Waals surface area contributed by atoms with Crippen molar-refractivity contribution in [3.05, 3.63) is 66.8 Å². The molecule has 2 atom stereocenters. The molecular formula is C20H22F3N3O5. The Morgan fingerprint density at radius 1 is 1.29 bits per heavy atom. The molecule has 0 saturated carbocycles. The summed E-state index contributed by atoms with van der Waals surface area (Å²) in [5.41, 5.74) is 1.62. The first-order valence-corrected chi connectivity index (χ1v) is 8.91. The molecule has 1 aromatic heterocycles. The van der Waals surface area contributed by atoms with Gasteiger partial charge in [-0.2, -0.15) is 13.2 Å². The van der Waals surface area contributed by atoms with Crippen LogP contribution in [0.4, 0.5) is 13.2 Å². The lowest BCUT2D eigenvalue weighted by atomic mass is 9.94. The van der Waals surface area contributed by atoms with Crippen molar-refractivity contribution in [3.8, 4) is 0 Å². The monoisotopic (exact) mass is 441 g/mol. The van der Waals surface area contributed by atoms with Gasteiger partial charge in [-0.1, -0.05) is 36.4 Å². The molecule has 2 aromatic rings. The maximum atomic E-state index is 12.7. The van der Waals surface area contributed by atoms with Gasteiger partial charge in [-0.15, -0.1) is 6.58 Å². The number of benzene rings is 1. The van der Waals surface area contributed by atoms with E-state index in [1.54, 1.807) is 12.3 Å². The second kappa shape index (κ2) is 12.2. The topological polar surface area (TPSA) is 121 Å². The van der Waals surface area contributed by atoms with E-state index >= 15 is 0 Å². The van der Waals surface area contributed by atoms with Crippen LogP contribution < -0.4 is 5.32 Å². The number of aromatic amines is 1. The predicted octanol–water partition coefficient (Wildman–Crippen LogP) is 2.60. The Bertz CT molecular complexity index is 855. The van der Waals surface area contributed by atoms with E-state index in [1.807, 2.05) is 30.3 Å². The van der Waals surface area contributed by atoms with E-state index < -0.39 is 30.1 Å². The molecule has 0 fully saturated rings. The molecule has 0 radical (unpaired) electrons. The first-order valence-electron chi connectivity index (χ1n) is 8.91. The number of hydrogen-bond donors (Lipinski definition) is 3. The van der Waals surface area contributed by atoms with E-state index in [-0.39, 0.29) is 12.3 Å². The second-order valence-electron chi connectivity index (χ2n) is 6.16. The van der Waals surface area contributed by atoms with E-state index in [9.17, 15) is 22.8 Å². The van der Waals surface area contributed by atoms with E-state index in [4.69, 9.17) is 14.6 Å². The van der Waals surface area contributed by atoms with Crippen molar-refractivity contribution in [2.75, 3.05) is 7.11 Å². The quantitative estimate of drug-likeness (QED) is 0.428. The standard InChI is InChI=1S/C18H21N3O3.C2HF3O2/c1-3-7-15(13-8-5-4-6-9-13)17(22)21-16(18(23)24-2)10-14-11-19-12-20-14;3-2(4,5)1(6)7/h3-6,8-9,11-12,15-16H,1,7,10H2,2H3,(H,19,20)(H,21,22);(H,6,7)/t15?,16-;/m1./s1. The minimum Gasteiger partial charge on any atom is -0.475 e. The molecule has 2 rings (SSSR count). The summed E-state index contributed by atoms with van der Waals surface area (Å²) >= 11 is 0. The molecule has 1 aromatic carbocycles. The lowest BCUT2D eigenvalue weighted by molar-refractivity contribution is -0.192. The lowest BCUT2D eigenvalue weighted by Gasteiger charge is -2.20. The van der Waals surface area contributed by atoms with Gasteiger partial charge in [0.1, 0.15) is 6.04 Å². The number of alkyl halides is 3. The average molecular weight is 441 g/mol. The zero-order valence-electron chi connectivity index (χ0n) is 16.6. The van der Waals surface area contributed by atoms with Crippen molar-refractivity contribution in [2.45, 2.75) is 31.0 Å². The Kier molecular flexibility index (Phi) is 9.96. The molecule has 11 heteroatoms. The summed E-state index contributed by atoms with van der Waals surface area (Å²) < 4.78 is 36.5. The van der Waals surface area contributed by atoms with Crippen LogP contribution >= 0.6 is 0 Å². The molecule has 168 valence electrons. The summed E-state index contributed by atoms with van der Waals surface area (Å²) in [6, 6.07) is 8.63. The van der Waals surface area contributed by atoms with Gasteiger partial charge in [0.15, 0.2) is 0 Å². The molecule has 0 aliphatic rings. The Morgan fingerprint density at radius 3 is 2.35 bits per heavy atom. The Balaban J connectivity index is 0.000000592. The highest BCUT2D eigenvalue weighted by atomic mass is 19.4. The molecule has 0 spiro atoms. The van der Waals surface area contributed by atoms with Gasteiger partial charge in [0, 0.05) is 18.3 Å². The first-order chi connectivity index (χ1) is 14.6. The van der Waals surface area contributed by atoms with Crippen molar-refractivity contribution in [1.82, 2.24) is 15.3 Å². The number of methoxy groups -OCH3 is 1. The summed E-state index contributed by atoms with van der Waals surface area (Å²) in [5.74, 6) is -3.90. The van der Waals surface area contributed by atoms with Crippen molar-refractivity contribution in [1.29, 1.82) is 0 Å². The van der Waals surface area contributed by atoms with Crippen LogP contribution in [0.5, 0.6) is 0 Å². The van der Waals surface area contributed by atoms with Crippen LogP contribution in [0.1, 0.15) is 23.6 Å². The molecule has 0 aliphatic heterocycles. The predicted molar refractivity (Wildman–Crippen MR) is 104 cm³/mol. The number of nitrogens with one attached hydrogen (secondary N) is 2. The zero-order valence-corrected chi connectivity index (χ0v) is 16.6. The van der Waals surface area contributed by atoms with E-state index in [0.29, 0.717) is 6.42 Å². The number of amides is 1. The summed E-state index contributed by atoms with van der Waals surface area (Å²) in [5, 5.41) is 9.91. The van der Waals surface area contributed by atoms with E-state index in [0.717, 1.165) is 11.3 Å². The van der Waals surface area contributed by atoms with Crippen LogP contribution in [0.2, 0.25) is 0 Å². The number of hydrogen-bond acceptors (Lipinski definition) is 5. The Labute approximate surface area is 176 Å². The molecule has 0 saturated heterocycles. The molecule has 0 bridgehead atoms. The van der Waals surface area contributed by atoms with Crippen LogP contribution in [0.15, 0.2) is 55.5 Å². The number of halogens is 3. The number of aromatic nitrogens is 2. The summed E-state index contributed by atoms with van der Waals surface area (Å²) in [7, 11) is 1.30. The number of carboxylic acids is 1. The third-order valence-electron chi connectivity index (χ3n) is 3.94. The number of rotatable bonds is 8. The van der Waals surface area contributed by atoms with Crippen LogP contribution in [-0.2, 0) is 25.5 Å². The Hall–Kier alpha value is -3.63. The average Bonchev–Trinajstić information content (AvgIpc) is 3.24. The number of allylic oxidation sites excluding steroid dienone is 1. The van der Waals surface area contributed by atoms with Gasteiger partial charge in [-0.25, -0.2) is 14.6 Å². The van der Waals surface area contributed by atoms with Gasteiger partial charge < -0.3 is 20.1 Å². The molecule has 0 aliphatic carbocycles. The van der Waals surface area contributed by atoms with Crippen molar-refractivity contribution >= 4 is 17.8 Å². The minimum absolute atomic E-state index is 0.240. The van der Waals surface area contributed by atoms with Crippen LogP contribution in [0.3, 0.4) is 0 Å². The highest BCUT2D eigenvalue weighted by Crippen LogP contribution is 2.20. The number of nitrogens with zero attached hydrogens (tertiary/aromatic N) is 1. The van der Waals surface area contributed by atoms with Crippen molar-refractivity contribution in [2.24, 2.45) is 0 Å². The second-order valence-corrected chi connectivity index (χ2v) is 6.16. The number of ether oxygens (including phenoxy) is 1. The highest BCUT2D eigenvalue weighted by molar-refractivity contribution is 5.88. The smallest absolute Gasteiger partial charge is 0.475 e. The molecule has 8 nitrogen and oxygen atoms in total. The lowest BCUT2D eigenvalue weighted by Crippen LogP contribution is -2.45. The molecule has 1 amide bonds. The van der Waals surface area contributed by atoms with Crippen molar-refractivity contribution in [3.63, 3.8) is 0 Å². The van der Waals surface area contributed by atoms with Gasteiger partial charge in [0.2, 0.25) is 5.91 Å². The molecule has 1 heterocycles. The van der Waals surface area contributed by atoms with Crippen LogP contribution in [-0.4, -0.2) is 52.2 Å². The number of carbonyl (C=O) groups is 3.